The lowest BCUT2D eigenvalue weighted by Gasteiger charge is -2.25. The van der Waals surface area contributed by atoms with Gasteiger partial charge in [0.15, 0.2) is 5.17 Å². The molecule has 2 aliphatic rings. The summed E-state index contributed by atoms with van der Waals surface area (Å²) in [5.41, 5.74) is 2.04. The Kier molecular flexibility index (Phi) is 5.45. The first-order chi connectivity index (χ1) is 14.5. The average molecular weight is 424 g/mol. The van der Waals surface area contributed by atoms with Gasteiger partial charge in [-0.3, -0.25) is 14.6 Å². The van der Waals surface area contributed by atoms with E-state index in [1.54, 1.807) is 32.2 Å². The Morgan fingerprint density at radius 2 is 2.00 bits per heavy atom. The van der Waals surface area contributed by atoms with E-state index in [1.807, 2.05) is 24.3 Å². The standard InChI is InChI=1S/C21H20N4O4S/c1-12-20(27)25-19(22-12)14-6-4-5-7-15(14)24-21(25)30-11-18(26)23-16-10-13(28-2)8-9-17(16)29-3/h4-10,12H,11H2,1-3H3,(H,23,26)/t12-/m0/s1. The number of fused-ring (bicyclic) bond motifs is 3. The predicted octanol–water partition coefficient (Wildman–Crippen LogP) is 3.05. The molecular weight excluding hydrogens is 404 g/mol. The fourth-order valence-electron chi connectivity index (χ4n) is 3.20. The summed E-state index contributed by atoms with van der Waals surface area (Å²) in [6.45, 7) is 1.75. The minimum Gasteiger partial charge on any atom is -0.497 e. The molecule has 0 spiro atoms. The molecule has 0 bridgehead atoms. The van der Waals surface area contributed by atoms with E-state index in [-0.39, 0.29) is 17.6 Å². The number of anilines is 1. The van der Waals surface area contributed by atoms with Gasteiger partial charge >= 0.3 is 0 Å². The smallest absolute Gasteiger partial charge is 0.258 e. The number of carbonyl (C=O) groups is 2. The second-order valence-electron chi connectivity index (χ2n) is 6.62. The molecule has 8 nitrogen and oxygen atoms in total. The number of carbonyl (C=O) groups excluding carboxylic acids is 2. The Balaban J connectivity index is 1.52. The summed E-state index contributed by atoms with van der Waals surface area (Å²) in [6, 6.07) is 12.2. The number of rotatable bonds is 5. The molecule has 2 amide bonds. The van der Waals surface area contributed by atoms with Crippen LogP contribution in [-0.4, -0.2) is 53.7 Å². The molecule has 0 aromatic heterocycles. The summed E-state index contributed by atoms with van der Waals surface area (Å²) >= 11 is 1.18. The van der Waals surface area contributed by atoms with Gasteiger partial charge in [0.25, 0.3) is 5.91 Å². The van der Waals surface area contributed by atoms with Crippen LogP contribution >= 0.6 is 11.8 Å². The van der Waals surface area contributed by atoms with Crippen molar-refractivity contribution >= 4 is 46.0 Å². The van der Waals surface area contributed by atoms with Crippen LogP contribution < -0.4 is 14.8 Å². The van der Waals surface area contributed by atoms with Crippen molar-refractivity contribution in [2.45, 2.75) is 13.0 Å². The Morgan fingerprint density at radius 1 is 1.20 bits per heavy atom. The number of thioether (sulfide) groups is 1. The van der Waals surface area contributed by atoms with E-state index in [0.29, 0.717) is 28.2 Å². The second kappa shape index (κ2) is 8.19. The van der Waals surface area contributed by atoms with Crippen LogP contribution in [0, 0.1) is 0 Å². The third-order valence-corrected chi connectivity index (χ3v) is 5.61. The third-order valence-electron chi connectivity index (χ3n) is 4.67. The van der Waals surface area contributed by atoms with E-state index in [4.69, 9.17) is 9.47 Å². The Labute approximate surface area is 178 Å². The van der Waals surface area contributed by atoms with Crippen LogP contribution in [0.2, 0.25) is 0 Å². The zero-order valence-electron chi connectivity index (χ0n) is 16.7. The highest BCUT2D eigenvalue weighted by atomic mass is 32.2. The molecule has 0 saturated carbocycles. The first-order valence-electron chi connectivity index (χ1n) is 9.26. The topological polar surface area (TPSA) is 92.6 Å². The van der Waals surface area contributed by atoms with Crippen LogP contribution in [0.15, 0.2) is 52.4 Å². The molecule has 2 heterocycles. The molecule has 9 heteroatoms. The number of hydrogen-bond donors (Lipinski definition) is 1. The number of nitrogens with one attached hydrogen (secondary N) is 1. The SMILES string of the molecule is COc1ccc(OC)c(NC(=O)CSC2=Nc3ccccc3C3=N[C@@H](C)C(=O)N23)c1. The van der Waals surface area contributed by atoms with Crippen LogP contribution in [0.3, 0.4) is 0 Å². The van der Waals surface area contributed by atoms with Crippen molar-refractivity contribution in [3.63, 3.8) is 0 Å². The number of nitrogens with zero attached hydrogens (tertiary/aromatic N) is 3. The lowest BCUT2D eigenvalue weighted by atomic mass is 10.1. The van der Waals surface area contributed by atoms with Crippen molar-refractivity contribution in [2.75, 3.05) is 25.3 Å². The van der Waals surface area contributed by atoms with Gasteiger partial charge in [0.2, 0.25) is 5.91 Å². The number of aliphatic imine (C=N–C) groups is 2. The van der Waals surface area contributed by atoms with Gasteiger partial charge in [-0.2, -0.15) is 0 Å². The summed E-state index contributed by atoms with van der Waals surface area (Å²) < 4.78 is 10.5. The van der Waals surface area contributed by atoms with Gasteiger partial charge in [0, 0.05) is 11.6 Å². The average Bonchev–Trinajstić information content (AvgIpc) is 3.06. The molecule has 1 atom stereocenters. The van der Waals surface area contributed by atoms with E-state index in [1.165, 1.54) is 23.8 Å². The molecule has 0 aliphatic carbocycles. The lowest BCUT2D eigenvalue weighted by molar-refractivity contribution is -0.124. The van der Waals surface area contributed by atoms with Crippen molar-refractivity contribution in [1.82, 2.24) is 4.90 Å². The fraction of sp³-hybridized carbons (Fsp3) is 0.238. The zero-order valence-corrected chi connectivity index (χ0v) is 17.5. The predicted molar refractivity (Wildman–Crippen MR) is 117 cm³/mol. The van der Waals surface area contributed by atoms with Crippen LogP contribution in [0.1, 0.15) is 12.5 Å². The van der Waals surface area contributed by atoms with Gasteiger partial charge in [-0.05, 0) is 31.2 Å². The minimum absolute atomic E-state index is 0.0623. The van der Waals surface area contributed by atoms with Crippen LogP contribution in [-0.2, 0) is 9.59 Å². The first-order valence-corrected chi connectivity index (χ1v) is 10.2. The molecule has 154 valence electrons. The highest BCUT2D eigenvalue weighted by Crippen LogP contribution is 2.34. The van der Waals surface area contributed by atoms with Crippen LogP contribution in [0.25, 0.3) is 0 Å². The molecule has 2 aliphatic heterocycles. The van der Waals surface area contributed by atoms with Crippen LogP contribution in [0.5, 0.6) is 11.5 Å². The number of para-hydroxylation sites is 1. The van der Waals surface area contributed by atoms with Gasteiger partial charge in [0.1, 0.15) is 23.4 Å². The summed E-state index contributed by atoms with van der Waals surface area (Å²) in [5, 5.41) is 3.26. The highest BCUT2D eigenvalue weighted by Gasteiger charge is 2.39. The summed E-state index contributed by atoms with van der Waals surface area (Å²) in [7, 11) is 3.08. The van der Waals surface area contributed by atoms with Gasteiger partial charge in [-0.1, -0.05) is 23.9 Å². The molecular formula is C21H20N4O4S. The van der Waals surface area contributed by atoms with E-state index in [9.17, 15) is 9.59 Å². The Bertz CT molecular complexity index is 1080. The zero-order chi connectivity index (χ0) is 21.3. The van der Waals surface area contributed by atoms with E-state index >= 15 is 0 Å². The van der Waals surface area contributed by atoms with E-state index < -0.39 is 6.04 Å². The summed E-state index contributed by atoms with van der Waals surface area (Å²) in [4.78, 5) is 35.8. The molecule has 0 saturated heterocycles. The maximum atomic E-state index is 12.6. The van der Waals surface area contributed by atoms with E-state index in [2.05, 4.69) is 15.3 Å². The van der Waals surface area contributed by atoms with Gasteiger partial charge in [-0.25, -0.2) is 9.89 Å². The van der Waals surface area contributed by atoms with Crippen molar-refractivity contribution < 1.29 is 19.1 Å². The number of amides is 2. The monoisotopic (exact) mass is 424 g/mol. The quantitative estimate of drug-likeness (QED) is 0.796. The number of hydrogen-bond acceptors (Lipinski definition) is 7. The molecule has 0 radical (unpaired) electrons. The van der Waals surface area contributed by atoms with Gasteiger partial charge < -0.3 is 14.8 Å². The third kappa shape index (κ3) is 3.63. The van der Waals surface area contributed by atoms with E-state index in [0.717, 1.165) is 11.3 Å². The molecule has 4 rings (SSSR count). The number of amidine groups is 2. The van der Waals surface area contributed by atoms with Gasteiger partial charge in [-0.15, -0.1) is 0 Å². The highest BCUT2D eigenvalue weighted by molar-refractivity contribution is 8.14. The lowest BCUT2D eigenvalue weighted by Crippen LogP contribution is -2.41. The Morgan fingerprint density at radius 3 is 2.77 bits per heavy atom. The van der Waals surface area contributed by atoms with Crippen molar-refractivity contribution in [3.05, 3.63) is 48.0 Å². The number of methoxy groups -OCH3 is 2. The van der Waals surface area contributed by atoms with Gasteiger partial charge in [0.05, 0.1) is 31.3 Å². The first kappa shape index (κ1) is 20.0. The molecule has 0 fully saturated rings. The largest absolute Gasteiger partial charge is 0.497 e. The van der Waals surface area contributed by atoms with Crippen molar-refractivity contribution in [1.29, 1.82) is 0 Å². The maximum Gasteiger partial charge on any atom is 0.258 e. The molecule has 1 N–H and O–H groups in total. The normalized spacial score (nSPS) is 17.0. The molecule has 30 heavy (non-hydrogen) atoms. The minimum atomic E-state index is -0.480. The maximum absolute atomic E-state index is 12.6. The molecule has 2 aromatic rings. The second-order valence-corrected chi connectivity index (χ2v) is 7.56. The molecule has 2 aromatic carbocycles. The van der Waals surface area contributed by atoms with Crippen LogP contribution in [0.4, 0.5) is 11.4 Å². The summed E-state index contributed by atoms with van der Waals surface area (Å²) in [6.07, 6.45) is 0. The number of ether oxygens (including phenoxy) is 2. The number of benzene rings is 2. The van der Waals surface area contributed by atoms with Crippen molar-refractivity contribution in [3.8, 4) is 11.5 Å². The fourth-order valence-corrected chi connectivity index (χ4v) is 4.00. The van der Waals surface area contributed by atoms with Crippen molar-refractivity contribution in [2.24, 2.45) is 9.98 Å². The molecule has 0 unspecified atom stereocenters. The summed E-state index contributed by atoms with van der Waals surface area (Å²) in [5.74, 6) is 1.36. The Hall–Kier alpha value is -3.33.